The van der Waals surface area contributed by atoms with Crippen molar-refractivity contribution in [3.63, 3.8) is 0 Å². The van der Waals surface area contributed by atoms with Crippen molar-refractivity contribution in [3.05, 3.63) is 130 Å². The van der Waals surface area contributed by atoms with Crippen LogP contribution < -0.4 is 9.62 Å². The van der Waals surface area contributed by atoms with E-state index in [-0.39, 0.29) is 17.3 Å². The highest BCUT2D eigenvalue weighted by atomic mass is 35.5. The van der Waals surface area contributed by atoms with E-state index in [2.05, 4.69) is 28.4 Å². The van der Waals surface area contributed by atoms with Gasteiger partial charge >= 0.3 is 0 Å². The van der Waals surface area contributed by atoms with Gasteiger partial charge in [-0.15, -0.1) is 0 Å². The number of benzene rings is 4. The molecule has 1 fully saturated rings. The van der Waals surface area contributed by atoms with Crippen LogP contribution in [0.25, 0.3) is 0 Å². The van der Waals surface area contributed by atoms with Crippen molar-refractivity contribution in [1.29, 1.82) is 0 Å². The maximum Gasteiger partial charge on any atom is 0.264 e. The Labute approximate surface area is 254 Å². The average Bonchev–Trinajstić information content (AvgIpc) is 3.02. The van der Waals surface area contributed by atoms with Crippen molar-refractivity contribution < 1.29 is 13.2 Å². The van der Waals surface area contributed by atoms with Gasteiger partial charge in [0.15, 0.2) is 0 Å². The van der Waals surface area contributed by atoms with Crippen LogP contribution in [0.4, 0.5) is 5.69 Å². The fraction of sp³-hybridized carbons (Fsp3) is 0.265. The number of sulfonamides is 1. The van der Waals surface area contributed by atoms with Gasteiger partial charge in [0.1, 0.15) is 0 Å². The summed E-state index contributed by atoms with van der Waals surface area (Å²) in [5.74, 6) is -0.172. The summed E-state index contributed by atoms with van der Waals surface area (Å²) in [5, 5.41) is 3.51. The van der Waals surface area contributed by atoms with Crippen LogP contribution in [0.5, 0.6) is 0 Å². The number of nitrogens with one attached hydrogen (secondary N) is 1. The van der Waals surface area contributed by atoms with Crippen molar-refractivity contribution >= 4 is 33.2 Å². The lowest BCUT2D eigenvalue weighted by atomic mass is 10.0. The maximum absolute atomic E-state index is 13.8. The number of hydrogen-bond acceptors (Lipinski definition) is 4. The number of nitrogens with zero attached hydrogens (tertiary/aromatic N) is 2. The summed E-state index contributed by atoms with van der Waals surface area (Å²) in [4.78, 5) is 15.7. The maximum atomic E-state index is 13.8. The van der Waals surface area contributed by atoms with Gasteiger partial charge in [0.2, 0.25) is 0 Å². The second kappa shape index (κ2) is 13.6. The molecule has 0 atom stereocenters. The zero-order chi connectivity index (χ0) is 29.5. The number of halogens is 1. The van der Waals surface area contributed by atoms with E-state index in [1.54, 1.807) is 66.7 Å². The smallest absolute Gasteiger partial charge is 0.264 e. The molecule has 5 rings (SSSR count). The van der Waals surface area contributed by atoms with E-state index in [0.29, 0.717) is 22.8 Å². The fourth-order valence-electron chi connectivity index (χ4n) is 5.32. The second-order valence-electron chi connectivity index (χ2n) is 10.7. The normalized spacial score (nSPS) is 14.0. The second-order valence-corrected chi connectivity index (χ2v) is 13.0. The van der Waals surface area contributed by atoms with E-state index in [4.69, 9.17) is 11.6 Å². The van der Waals surface area contributed by atoms with E-state index >= 15 is 0 Å². The van der Waals surface area contributed by atoms with Gasteiger partial charge < -0.3 is 5.32 Å². The molecule has 1 aliphatic heterocycles. The molecule has 0 aliphatic carbocycles. The molecule has 4 aromatic carbocycles. The minimum Gasteiger partial charge on any atom is -0.348 e. The highest BCUT2D eigenvalue weighted by molar-refractivity contribution is 7.92. The van der Waals surface area contributed by atoms with Gasteiger partial charge in [-0.1, -0.05) is 78.7 Å². The fourth-order valence-corrected chi connectivity index (χ4v) is 7.01. The first-order valence-electron chi connectivity index (χ1n) is 14.3. The molecular weight excluding hydrogens is 566 g/mol. The van der Waals surface area contributed by atoms with Crippen LogP contribution in [0.1, 0.15) is 51.9 Å². The van der Waals surface area contributed by atoms with E-state index in [9.17, 15) is 13.2 Å². The molecule has 1 aliphatic rings. The highest BCUT2D eigenvalue weighted by Crippen LogP contribution is 2.31. The Morgan fingerprint density at radius 1 is 0.857 bits per heavy atom. The summed E-state index contributed by atoms with van der Waals surface area (Å²) in [7, 11) is -3.88. The van der Waals surface area contributed by atoms with E-state index in [1.165, 1.54) is 29.1 Å². The van der Waals surface area contributed by atoms with Crippen molar-refractivity contribution in [2.75, 3.05) is 17.4 Å². The van der Waals surface area contributed by atoms with Crippen molar-refractivity contribution in [1.82, 2.24) is 10.2 Å². The standard InChI is InChI=1S/C34H36ClN3O3S/c1-26-14-19-31(35)22-33(26)38(42(40,41)32-12-4-2-5-13-32)24-27-15-17-28(18-16-27)34(39)36-23-29-10-6-7-11-30(29)25-37-20-8-3-9-21-37/h2,4-7,10-19,22H,3,8-9,20-21,23-25H2,1H3,(H,36,39). The minimum atomic E-state index is -3.88. The van der Waals surface area contributed by atoms with Gasteiger partial charge in [-0.25, -0.2) is 8.42 Å². The Kier molecular flexibility index (Phi) is 9.62. The van der Waals surface area contributed by atoms with Crippen LogP contribution >= 0.6 is 11.6 Å². The van der Waals surface area contributed by atoms with Crippen LogP contribution in [0.2, 0.25) is 5.02 Å². The number of anilines is 1. The Balaban J connectivity index is 1.30. The van der Waals surface area contributed by atoms with Crippen molar-refractivity contribution in [2.24, 2.45) is 0 Å². The van der Waals surface area contributed by atoms with Gasteiger partial charge in [-0.3, -0.25) is 14.0 Å². The van der Waals surface area contributed by atoms with Crippen LogP contribution in [-0.2, 0) is 29.7 Å². The number of carbonyl (C=O) groups excluding carboxylic acids is 1. The molecule has 0 aromatic heterocycles. The molecule has 1 N–H and O–H groups in total. The molecule has 0 unspecified atom stereocenters. The molecular formula is C34H36ClN3O3S. The van der Waals surface area contributed by atoms with E-state index in [1.807, 2.05) is 19.1 Å². The number of piperidine rings is 1. The zero-order valence-corrected chi connectivity index (χ0v) is 25.4. The van der Waals surface area contributed by atoms with Gasteiger partial charge in [-0.2, -0.15) is 0 Å². The summed E-state index contributed by atoms with van der Waals surface area (Å²) in [5.41, 5.74) is 4.92. The Morgan fingerprint density at radius 3 is 2.24 bits per heavy atom. The molecule has 4 aromatic rings. The summed E-state index contributed by atoms with van der Waals surface area (Å²) < 4.78 is 28.9. The molecule has 6 nitrogen and oxygen atoms in total. The van der Waals surface area contributed by atoms with Crippen LogP contribution in [0, 0.1) is 6.92 Å². The monoisotopic (exact) mass is 601 g/mol. The molecule has 8 heteroatoms. The highest BCUT2D eigenvalue weighted by Gasteiger charge is 2.26. The predicted octanol–water partition coefficient (Wildman–Crippen LogP) is 6.96. The molecule has 0 radical (unpaired) electrons. The molecule has 1 amide bonds. The SMILES string of the molecule is Cc1ccc(Cl)cc1N(Cc1ccc(C(=O)NCc2ccccc2CN2CCCCC2)cc1)S(=O)(=O)c1ccccc1. The Bertz CT molecular complexity index is 1620. The molecule has 42 heavy (non-hydrogen) atoms. The summed E-state index contributed by atoms with van der Waals surface area (Å²) in [6.07, 6.45) is 3.78. The quantitative estimate of drug-likeness (QED) is 0.213. The first kappa shape index (κ1) is 29.8. The number of carbonyl (C=O) groups is 1. The first-order valence-corrected chi connectivity index (χ1v) is 16.1. The molecule has 1 heterocycles. The van der Waals surface area contributed by atoms with Crippen LogP contribution in [0.15, 0.2) is 102 Å². The van der Waals surface area contributed by atoms with Crippen LogP contribution in [-0.4, -0.2) is 32.3 Å². The predicted molar refractivity (Wildman–Crippen MR) is 169 cm³/mol. The molecule has 1 saturated heterocycles. The summed E-state index contributed by atoms with van der Waals surface area (Å²) in [6, 6.07) is 28.9. The molecule has 218 valence electrons. The number of hydrogen-bond donors (Lipinski definition) is 1. The molecule has 0 spiro atoms. The summed E-state index contributed by atoms with van der Waals surface area (Å²) in [6.45, 7) is 5.53. The third-order valence-electron chi connectivity index (χ3n) is 7.71. The Hall–Kier alpha value is -3.65. The lowest BCUT2D eigenvalue weighted by Crippen LogP contribution is -2.31. The molecule has 0 saturated carbocycles. The number of amides is 1. The zero-order valence-electron chi connectivity index (χ0n) is 23.8. The largest absolute Gasteiger partial charge is 0.348 e. The van der Waals surface area contributed by atoms with Crippen LogP contribution in [0.3, 0.4) is 0 Å². The van der Waals surface area contributed by atoms with Crippen molar-refractivity contribution in [2.45, 2.75) is 50.7 Å². The van der Waals surface area contributed by atoms with Gasteiger partial charge in [-0.05, 0) is 91.5 Å². The third-order valence-corrected chi connectivity index (χ3v) is 9.72. The van der Waals surface area contributed by atoms with Gasteiger partial charge in [0.05, 0.1) is 17.1 Å². The van der Waals surface area contributed by atoms with E-state index in [0.717, 1.165) is 36.3 Å². The van der Waals surface area contributed by atoms with Crippen molar-refractivity contribution in [3.8, 4) is 0 Å². The molecule has 0 bridgehead atoms. The van der Waals surface area contributed by atoms with Gasteiger partial charge in [0, 0.05) is 23.7 Å². The average molecular weight is 602 g/mol. The summed E-state index contributed by atoms with van der Waals surface area (Å²) >= 11 is 6.28. The van der Waals surface area contributed by atoms with E-state index < -0.39 is 10.0 Å². The third kappa shape index (κ3) is 7.21. The van der Waals surface area contributed by atoms with Gasteiger partial charge in [0.25, 0.3) is 15.9 Å². The number of rotatable bonds is 10. The topological polar surface area (TPSA) is 69.7 Å². The lowest BCUT2D eigenvalue weighted by Gasteiger charge is -2.27. The Morgan fingerprint density at radius 2 is 1.52 bits per heavy atom. The minimum absolute atomic E-state index is 0.0875. The number of aryl methyl sites for hydroxylation is 1. The first-order chi connectivity index (χ1) is 20.3. The lowest BCUT2D eigenvalue weighted by molar-refractivity contribution is 0.0950. The number of likely N-dealkylation sites (tertiary alicyclic amines) is 1.